The number of carbonyl (C=O) groups is 1. The quantitative estimate of drug-likeness (QED) is 0.875. The molecule has 3 N–H and O–H groups in total. The molecule has 1 aliphatic rings. The third kappa shape index (κ3) is 2.59. The number of nitrogens with one attached hydrogen (secondary N) is 1. The molecule has 0 saturated carbocycles. The Kier molecular flexibility index (Phi) is 3.54. The minimum absolute atomic E-state index is 0.0265. The molecule has 19 heavy (non-hydrogen) atoms. The molecule has 1 aromatic carbocycles. The smallest absolute Gasteiger partial charge is 0.318 e. The molecule has 1 heterocycles. The number of nitrogens with zero attached hydrogens (tertiary/aromatic N) is 1. The summed E-state index contributed by atoms with van der Waals surface area (Å²) in [7, 11) is 0. The summed E-state index contributed by atoms with van der Waals surface area (Å²) in [5, 5.41) is 3.06. The van der Waals surface area contributed by atoms with Crippen molar-refractivity contribution in [2.75, 3.05) is 13.1 Å². The van der Waals surface area contributed by atoms with E-state index < -0.39 is 0 Å². The van der Waals surface area contributed by atoms with E-state index in [-0.39, 0.29) is 17.6 Å². The van der Waals surface area contributed by atoms with Crippen LogP contribution in [-0.4, -0.2) is 29.6 Å². The van der Waals surface area contributed by atoms with E-state index in [1.165, 1.54) is 16.7 Å². The van der Waals surface area contributed by atoms with E-state index in [1.807, 2.05) is 18.7 Å². The highest BCUT2D eigenvalue weighted by atomic mass is 16.2. The molecular weight excluding hydrogens is 238 g/mol. The van der Waals surface area contributed by atoms with Gasteiger partial charge in [-0.1, -0.05) is 23.8 Å². The zero-order chi connectivity index (χ0) is 14.2. The van der Waals surface area contributed by atoms with Gasteiger partial charge in [0, 0.05) is 13.1 Å². The maximum absolute atomic E-state index is 12.1. The molecule has 1 saturated heterocycles. The third-order valence-corrected chi connectivity index (χ3v) is 3.95. The number of carbonyl (C=O) groups excluding carboxylic acids is 1. The second-order valence-corrected chi connectivity index (χ2v) is 5.99. The van der Waals surface area contributed by atoms with Crippen LogP contribution in [0, 0.1) is 13.8 Å². The summed E-state index contributed by atoms with van der Waals surface area (Å²) in [5.74, 6) is 0. The number of urea groups is 1. The predicted octanol–water partition coefficient (Wildman–Crippen LogP) is 2.11. The van der Waals surface area contributed by atoms with Gasteiger partial charge in [0.25, 0.3) is 0 Å². The van der Waals surface area contributed by atoms with Gasteiger partial charge in [-0.05, 0) is 38.8 Å². The number of rotatable bonds is 3. The number of hydrogen-bond acceptors (Lipinski definition) is 2. The van der Waals surface area contributed by atoms with Crippen LogP contribution < -0.4 is 11.1 Å². The Bertz CT molecular complexity index is 496. The molecular formula is C15H23N3O. The molecule has 104 valence electrons. The van der Waals surface area contributed by atoms with Crippen LogP contribution in [0.1, 0.15) is 36.6 Å². The van der Waals surface area contributed by atoms with Crippen molar-refractivity contribution in [2.24, 2.45) is 5.73 Å². The molecule has 0 spiro atoms. The van der Waals surface area contributed by atoms with Crippen LogP contribution in [0.5, 0.6) is 0 Å². The molecule has 4 heteroatoms. The highest BCUT2D eigenvalue weighted by Gasteiger charge is 2.38. The first-order valence-electron chi connectivity index (χ1n) is 6.70. The maximum Gasteiger partial charge on any atom is 0.318 e. The summed E-state index contributed by atoms with van der Waals surface area (Å²) in [4.78, 5) is 14.0. The third-order valence-electron chi connectivity index (χ3n) is 3.95. The monoisotopic (exact) mass is 261 g/mol. The highest BCUT2D eigenvalue weighted by Crippen LogP contribution is 2.28. The average Bonchev–Trinajstić information content (AvgIpc) is 2.75. The first kappa shape index (κ1) is 13.9. The number of hydrogen-bond donors (Lipinski definition) is 2. The fourth-order valence-corrected chi connectivity index (χ4v) is 2.48. The molecule has 4 nitrogen and oxygen atoms in total. The standard InChI is InChI=1S/C15H23N3O/c1-10-5-6-11(2)12(7-10)13-8-18(14(19)17-13)15(3,4)9-16/h5-7,13H,8-9,16H2,1-4H3,(H,17,19). The summed E-state index contributed by atoms with van der Waals surface area (Å²) in [6.45, 7) is 9.28. The van der Waals surface area contributed by atoms with E-state index in [4.69, 9.17) is 5.73 Å². The van der Waals surface area contributed by atoms with Crippen molar-refractivity contribution in [3.05, 3.63) is 34.9 Å². The first-order valence-corrected chi connectivity index (χ1v) is 6.70. The van der Waals surface area contributed by atoms with E-state index in [2.05, 4.69) is 37.4 Å². The van der Waals surface area contributed by atoms with Crippen LogP contribution >= 0.6 is 0 Å². The largest absolute Gasteiger partial charge is 0.329 e. The fraction of sp³-hybridized carbons (Fsp3) is 0.533. The molecule has 2 rings (SSSR count). The van der Waals surface area contributed by atoms with Gasteiger partial charge >= 0.3 is 6.03 Å². The Balaban J connectivity index is 2.26. The van der Waals surface area contributed by atoms with E-state index in [9.17, 15) is 4.79 Å². The van der Waals surface area contributed by atoms with Crippen LogP contribution in [0.25, 0.3) is 0 Å². The van der Waals surface area contributed by atoms with Gasteiger partial charge in [0.2, 0.25) is 0 Å². The lowest BCUT2D eigenvalue weighted by atomic mass is 9.98. The van der Waals surface area contributed by atoms with Crippen LogP contribution in [0.4, 0.5) is 4.79 Å². The van der Waals surface area contributed by atoms with E-state index >= 15 is 0 Å². The van der Waals surface area contributed by atoms with Crippen molar-refractivity contribution in [1.29, 1.82) is 0 Å². The second kappa shape index (κ2) is 4.85. The van der Waals surface area contributed by atoms with E-state index in [0.29, 0.717) is 13.1 Å². The second-order valence-electron chi connectivity index (χ2n) is 5.99. The molecule has 1 aromatic rings. The van der Waals surface area contributed by atoms with Gasteiger partial charge in [-0.25, -0.2) is 4.79 Å². The van der Waals surface area contributed by atoms with Crippen molar-refractivity contribution in [1.82, 2.24) is 10.2 Å². The minimum Gasteiger partial charge on any atom is -0.329 e. The SMILES string of the molecule is Cc1ccc(C)c(C2CN(C(C)(C)CN)C(=O)N2)c1. The van der Waals surface area contributed by atoms with Crippen LogP contribution in [-0.2, 0) is 0 Å². The summed E-state index contributed by atoms with van der Waals surface area (Å²) in [5.41, 5.74) is 9.08. The number of benzene rings is 1. The molecule has 1 atom stereocenters. The Morgan fingerprint density at radius 2 is 2.11 bits per heavy atom. The van der Waals surface area contributed by atoms with Gasteiger partial charge in [-0.15, -0.1) is 0 Å². The Hall–Kier alpha value is -1.55. The van der Waals surface area contributed by atoms with Crippen LogP contribution in [0.3, 0.4) is 0 Å². The summed E-state index contributed by atoms with van der Waals surface area (Å²) in [6, 6.07) is 6.38. The molecule has 1 fully saturated rings. The number of amides is 2. The Morgan fingerprint density at radius 3 is 2.74 bits per heavy atom. The lowest BCUT2D eigenvalue weighted by Crippen LogP contribution is -2.50. The average molecular weight is 261 g/mol. The minimum atomic E-state index is -0.309. The molecule has 1 aliphatic heterocycles. The zero-order valence-electron chi connectivity index (χ0n) is 12.2. The molecule has 0 radical (unpaired) electrons. The van der Waals surface area contributed by atoms with Crippen LogP contribution in [0.15, 0.2) is 18.2 Å². The highest BCUT2D eigenvalue weighted by molar-refractivity contribution is 5.78. The van der Waals surface area contributed by atoms with Gasteiger partial charge in [0.05, 0.1) is 11.6 Å². The van der Waals surface area contributed by atoms with Crippen molar-refractivity contribution in [3.8, 4) is 0 Å². The summed E-state index contributed by atoms with van der Waals surface area (Å²) < 4.78 is 0. The topological polar surface area (TPSA) is 58.4 Å². The van der Waals surface area contributed by atoms with E-state index in [1.54, 1.807) is 0 Å². The lowest BCUT2D eigenvalue weighted by molar-refractivity contribution is 0.163. The summed E-state index contributed by atoms with van der Waals surface area (Å²) in [6.07, 6.45) is 0. The predicted molar refractivity (Wildman–Crippen MR) is 77.0 cm³/mol. The van der Waals surface area contributed by atoms with Crippen LogP contribution in [0.2, 0.25) is 0 Å². The van der Waals surface area contributed by atoms with Gasteiger partial charge in [-0.3, -0.25) is 0 Å². The van der Waals surface area contributed by atoms with E-state index in [0.717, 1.165) is 0 Å². The number of aryl methyl sites for hydroxylation is 2. The molecule has 0 bridgehead atoms. The fourth-order valence-electron chi connectivity index (χ4n) is 2.48. The van der Waals surface area contributed by atoms with Crippen molar-refractivity contribution < 1.29 is 4.79 Å². The zero-order valence-corrected chi connectivity index (χ0v) is 12.2. The maximum atomic E-state index is 12.1. The van der Waals surface area contributed by atoms with Crippen molar-refractivity contribution in [2.45, 2.75) is 39.3 Å². The van der Waals surface area contributed by atoms with Gasteiger partial charge in [0.1, 0.15) is 0 Å². The first-order chi connectivity index (χ1) is 8.85. The normalized spacial score (nSPS) is 19.7. The van der Waals surface area contributed by atoms with Gasteiger partial charge in [-0.2, -0.15) is 0 Å². The Labute approximate surface area is 115 Å². The lowest BCUT2D eigenvalue weighted by Gasteiger charge is -2.33. The molecule has 1 unspecified atom stereocenters. The molecule has 2 amide bonds. The Morgan fingerprint density at radius 1 is 1.42 bits per heavy atom. The van der Waals surface area contributed by atoms with Gasteiger partial charge in [0.15, 0.2) is 0 Å². The van der Waals surface area contributed by atoms with Crippen molar-refractivity contribution in [3.63, 3.8) is 0 Å². The molecule has 0 aliphatic carbocycles. The summed E-state index contributed by atoms with van der Waals surface area (Å²) >= 11 is 0. The van der Waals surface area contributed by atoms with Crippen molar-refractivity contribution >= 4 is 6.03 Å². The van der Waals surface area contributed by atoms with Gasteiger partial charge < -0.3 is 16.0 Å². The number of nitrogens with two attached hydrogens (primary N) is 1. The molecule has 0 aromatic heterocycles.